The molecule has 3 nitrogen and oxygen atoms in total. The molecule has 2 atom stereocenters. The summed E-state index contributed by atoms with van der Waals surface area (Å²) >= 11 is 12.2. The maximum absolute atomic E-state index is 13.3. The number of likely N-dealkylation sites (N-methyl/N-ethyl adjacent to an activating group) is 1. The predicted molar refractivity (Wildman–Crippen MR) is 104 cm³/mol. The third-order valence-corrected chi connectivity index (χ3v) is 5.67. The standard InChI is InChI=1S/C21H18Cl2FNO2/c1-25(13-14-4-7-17(24)8-5-14)20(27)21(12-16(21)3-2-10-26)15-6-9-18(22)19(23)11-15/h2-11,16H,12-13H2,1H3/b3-2+/t16-,21-/m1/s1. The monoisotopic (exact) mass is 405 g/mol. The first-order valence-electron chi connectivity index (χ1n) is 8.46. The number of rotatable bonds is 6. The lowest BCUT2D eigenvalue weighted by atomic mass is 9.91. The van der Waals surface area contributed by atoms with Gasteiger partial charge in [-0.1, -0.05) is 47.5 Å². The van der Waals surface area contributed by atoms with Crippen molar-refractivity contribution < 1.29 is 14.0 Å². The van der Waals surface area contributed by atoms with Crippen LogP contribution in [0.1, 0.15) is 17.5 Å². The van der Waals surface area contributed by atoms with Crippen LogP contribution in [0.2, 0.25) is 10.0 Å². The van der Waals surface area contributed by atoms with Crippen LogP contribution in [-0.2, 0) is 21.5 Å². The molecular formula is C21H18Cl2FNO2. The summed E-state index contributed by atoms with van der Waals surface area (Å²) in [5.41, 5.74) is 0.827. The third-order valence-electron chi connectivity index (χ3n) is 4.93. The summed E-state index contributed by atoms with van der Waals surface area (Å²) in [6.45, 7) is 0.353. The van der Waals surface area contributed by atoms with Gasteiger partial charge >= 0.3 is 0 Å². The van der Waals surface area contributed by atoms with Gasteiger partial charge in [-0.3, -0.25) is 9.59 Å². The summed E-state index contributed by atoms with van der Waals surface area (Å²) in [7, 11) is 1.71. The Balaban J connectivity index is 1.89. The van der Waals surface area contributed by atoms with Crippen LogP contribution in [0.4, 0.5) is 4.39 Å². The van der Waals surface area contributed by atoms with E-state index in [-0.39, 0.29) is 17.6 Å². The minimum atomic E-state index is -0.775. The molecule has 1 saturated carbocycles. The first-order chi connectivity index (χ1) is 12.9. The van der Waals surface area contributed by atoms with Gasteiger partial charge in [-0.25, -0.2) is 4.39 Å². The van der Waals surface area contributed by atoms with Crippen molar-refractivity contribution in [3.8, 4) is 0 Å². The second-order valence-electron chi connectivity index (χ2n) is 6.72. The normalized spacial score (nSPS) is 21.3. The fourth-order valence-corrected chi connectivity index (χ4v) is 3.75. The Bertz CT molecular complexity index is 898. The van der Waals surface area contributed by atoms with E-state index in [0.717, 1.165) is 11.1 Å². The van der Waals surface area contributed by atoms with Crippen molar-refractivity contribution in [1.82, 2.24) is 4.90 Å². The SMILES string of the molecule is CN(Cc1ccc(F)cc1)C(=O)[C@@]1(c2ccc(Cl)c(Cl)c2)C[C@H]1/C=C/C=O. The number of amides is 1. The summed E-state index contributed by atoms with van der Waals surface area (Å²) in [6.07, 6.45) is 4.45. The number of allylic oxidation sites excluding steroid dienone is 2. The van der Waals surface area contributed by atoms with Crippen molar-refractivity contribution in [3.63, 3.8) is 0 Å². The van der Waals surface area contributed by atoms with Crippen LogP contribution in [-0.4, -0.2) is 24.1 Å². The van der Waals surface area contributed by atoms with Gasteiger partial charge in [0.1, 0.15) is 12.1 Å². The van der Waals surface area contributed by atoms with Crippen molar-refractivity contribution in [2.75, 3.05) is 7.05 Å². The van der Waals surface area contributed by atoms with E-state index in [1.807, 2.05) is 0 Å². The molecule has 0 bridgehead atoms. The molecule has 3 rings (SSSR count). The molecule has 6 heteroatoms. The molecular weight excluding hydrogens is 388 g/mol. The van der Waals surface area contributed by atoms with Crippen LogP contribution in [0.25, 0.3) is 0 Å². The number of benzene rings is 2. The molecule has 0 heterocycles. The number of aldehydes is 1. The van der Waals surface area contributed by atoms with Crippen LogP contribution >= 0.6 is 23.2 Å². The molecule has 2 aromatic rings. The number of nitrogens with zero attached hydrogens (tertiary/aromatic N) is 1. The largest absolute Gasteiger partial charge is 0.341 e. The summed E-state index contributed by atoms with van der Waals surface area (Å²) in [6, 6.07) is 11.2. The topological polar surface area (TPSA) is 37.4 Å². The van der Waals surface area contributed by atoms with Crippen LogP contribution in [0.3, 0.4) is 0 Å². The molecule has 1 aliphatic rings. The van der Waals surface area contributed by atoms with E-state index >= 15 is 0 Å². The molecule has 0 aromatic heterocycles. The van der Waals surface area contributed by atoms with Crippen LogP contribution in [0.15, 0.2) is 54.6 Å². The quantitative estimate of drug-likeness (QED) is 0.510. The second-order valence-corrected chi connectivity index (χ2v) is 7.53. The molecule has 1 fully saturated rings. The molecule has 0 spiro atoms. The molecule has 0 saturated heterocycles. The fourth-order valence-electron chi connectivity index (χ4n) is 3.45. The molecule has 2 aromatic carbocycles. The van der Waals surface area contributed by atoms with E-state index in [1.165, 1.54) is 18.2 Å². The Kier molecular flexibility index (Phi) is 5.68. The zero-order chi connectivity index (χ0) is 19.6. The Morgan fingerprint density at radius 3 is 2.56 bits per heavy atom. The average molecular weight is 406 g/mol. The first-order valence-corrected chi connectivity index (χ1v) is 9.21. The van der Waals surface area contributed by atoms with Gasteiger partial charge in [0.15, 0.2) is 0 Å². The maximum Gasteiger partial charge on any atom is 0.233 e. The maximum atomic E-state index is 13.3. The highest BCUT2D eigenvalue weighted by atomic mass is 35.5. The molecule has 0 radical (unpaired) electrons. The van der Waals surface area contributed by atoms with E-state index < -0.39 is 5.41 Å². The average Bonchev–Trinajstić information content (AvgIpc) is 3.38. The van der Waals surface area contributed by atoms with Gasteiger partial charge in [0.05, 0.1) is 15.5 Å². The molecule has 1 amide bonds. The van der Waals surface area contributed by atoms with Gasteiger partial charge in [-0.2, -0.15) is 0 Å². The summed E-state index contributed by atoms with van der Waals surface area (Å²) < 4.78 is 13.1. The number of halogens is 3. The fraction of sp³-hybridized carbons (Fsp3) is 0.238. The minimum Gasteiger partial charge on any atom is -0.341 e. The zero-order valence-corrected chi connectivity index (χ0v) is 16.2. The van der Waals surface area contributed by atoms with Gasteiger partial charge in [0.25, 0.3) is 0 Å². The zero-order valence-electron chi connectivity index (χ0n) is 14.7. The summed E-state index contributed by atoms with van der Waals surface area (Å²) in [4.78, 5) is 25.6. The Morgan fingerprint density at radius 2 is 1.93 bits per heavy atom. The van der Waals surface area contributed by atoms with Crippen LogP contribution < -0.4 is 0 Å². The predicted octanol–water partition coefficient (Wildman–Crippen LogP) is 4.80. The van der Waals surface area contributed by atoms with Gasteiger partial charge in [0.2, 0.25) is 5.91 Å². The lowest BCUT2D eigenvalue weighted by Gasteiger charge is -2.25. The molecule has 1 aliphatic carbocycles. The van der Waals surface area contributed by atoms with Gasteiger partial charge in [0, 0.05) is 13.6 Å². The highest BCUT2D eigenvalue weighted by Crippen LogP contribution is 2.57. The highest BCUT2D eigenvalue weighted by Gasteiger charge is 2.60. The number of hydrogen-bond acceptors (Lipinski definition) is 2. The van der Waals surface area contributed by atoms with Crippen molar-refractivity contribution in [1.29, 1.82) is 0 Å². The van der Waals surface area contributed by atoms with E-state index in [1.54, 1.807) is 48.4 Å². The van der Waals surface area contributed by atoms with E-state index in [4.69, 9.17) is 23.2 Å². The third kappa shape index (κ3) is 3.92. The summed E-state index contributed by atoms with van der Waals surface area (Å²) in [5, 5.41) is 0.802. The smallest absolute Gasteiger partial charge is 0.233 e. The van der Waals surface area contributed by atoms with Gasteiger partial charge in [-0.15, -0.1) is 0 Å². The van der Waals surface area contributed by atoms with Crippen molar-refractivity contribution in [2.45, 2.75) is 18.4 Å². The van der Waals surface area contributed by atoms with Crippen molar-refractivity contribution in [3.05, 3.63) is 81.6 Å². The number of carbonyl (C=O) groups excluding carboxylic acids is 2. The van der Waals surface area contributed by atoms with Crippen LogP contribution in [0, 0.1) is 11.7 Å². The molecule has 0 unspecified atom stereocenters. The van der Waals surface area contributed by atoms with E-state index in [0.29, 0.717) is 29.3 Å². The molecule has 140 valence electrons. The summed E-state index contributed by atoms with van der Waals surface area (Å²) in [5.74, 6) is -0.491. The van der Waals surface area contributed by atoms with Crippen LogP contribution in [0.5, 0.6) is 0 Å². The van der Waals surface area contributed by atoms with E-state index in [9.17, 15) is 14.0 Å². The van der Waals surface area contributed by atoms with Crippen molar-refractivity contribution >= 4 is 35.4 Å². The molecule has 27 heavy (non-hydrogen) atoms. The second kappa shape index (κ2) is 7.83. The lowest BCUT2D eigenvalue weighted by molar-refractivity contribution is -0.133. The minimum absolute atomic E-state index is 0.0780. The van der Waals surface area contributed by atoms with E-state index in [2.05, 4.69) is 0 Å². The van der Waals surface area contributed by atoms with Gasteiger partial charge < -0.3 is 4.90 Å². The number of carbonyl (C=O) groups is 2. The van der Waals surface area contributed by atoms with Gasteiger partial charge in [-0.05, 0) is 53.8 Å². The molecule has 0 N–H and O–H groups in total. The first kappa shape index (κ1) is 19.6. The Labute approximate surface area is 167 Å². The van der Waals surface area contributed by atoms with Crippen molar-refractivity contribution in [2.24, 2.45) is 5.92 Å². The number of hydrogen-bond donors (Lipinski definition) is 0. The highest BCUT2D eigenvalue weighted by molar-refractivity contribution is 6.42. The lowest BCUT2D eigenvalue weighted by Crippen LogP contribution is -2.37. The Morgan fingerprint density at radius 1 is 1.22 bits per heavy atom. The Hall–Kier alpha value is -2.17. The molecule has 0 aliphatic heterocycles.